The number of phenols is 1. The Morgan fingerprint density at radius 2 is 2.25 bits per heavy atom. The van der Waals surface area contributed by atoms with Crippen molar-refractivity contribution in [2.24, 2.45) is 0 Å². The Morgan fingerprint density at radius 1 is 1.44 bits per heavy atom. The maximum absolute atomic E-state index is 9.78. The van der Waals surface area contributed by atoms with Crippen LogP contribution in [0.5, 0.6) is 5.75 Å². The number of rotatable bonds is 4. The molecule has 1 aromatic heterocycles. The second kappa shape index (κ2) is 4.99. The van der Waals surface area contributed by atoms with Gasteiger partial charge in [-0.1, -0.05) is 25.1 Å². The topological polar surface area (TPSA) is 45.2 Å². The molecule has 2 rings (SSSR count). The quantitative estimate of drug-likeness (QED) is 0.852. The van der Waals surface area contributed by atoms with Gasteiger partial charge in [0.2, 0.25) is 0 Å². The summed E-state index contributed by atoms with van der Waals surface area (Å²) in [5.74, 6) is 0.332. The van der Waals surface area contributed by atoms with Crippen molar-refractivity contribution in [2.45, 2.75) is 19.4 Å². The minimum Gasteiger partial charge on any atom is -0.508 e. The van der Waals surface area contributed by atoms with Crippen molar-refractivity contribution in [1.29, 1.82) is 0 Å². The van der Waals surface area contributed by atoms with E-state index < -0.39 is 0 Å². The number of nitrogens with one attached hydrogen (secondary N) is 1. The van der Waals surface area contributed by atoms with E-state index >= 15 is 0 Å². The number of anilines is 1. The van der Waals surface area contributed by atoms with Crippen molar-refractivity contribution in [3.8, 4) is 5.75 Å². The first-order chi connectivity index (χ1) is 7.81. The summed E-state index contributed by atoms with van der Waals surface area (Å²) in [5, 5.41) is 15.9. The van der Waals surface area contributed by atoms with Crippen LogP contribution < -0.4 is 5.32 Å². The smallest absolute Gasteiger partial charge is 0.183 e. The van der Waals surface area contributed by atoms with Gasteiger partial charge in [0.25, 0.3) is 0 Å². The molecule has 3 nitrogen and oxygen atoms in total. The number of aromatic nitrogens is 1. The number of para-hydroxylation sites is 1. The molecule has 0 spiro atoms. The molecule has 0 saturated carbocycles. The summed E-state index contributed by atoms with van der Waals surface area (Å²) in [7, 11) is 0. The van der Waals surface area contributed by atoms with Crippen LogP contribution in [0.1, 0.15) is 24.9 Å². The number of thiazole rings is 1. The Morgan fingerprint density at radius 3 is 2.88 bits per heavy atom. The SMILES string of the molecule is CCC(Nc1nccs1)c1ccccc1O. The van der Waals surface area contributed by atoms with E-state index in [4.69, 9.17) is 0 Å². The zero-order valence-corrected chi connectivity index (χ0v) is 9.87. The second-order valence-corrected chi connectivity index (χ2v) is 4.40. The van der Waals surface area contributed by atoms with Crippen LogP contribution in [0.25, 0.3) is 0 Å². The number of aromatic hydroxyl groups is 1. The van der Waals surface area contributed by atoms with Gasteiger partial charge in [0.15, 0.2) is 5.13 Å². The van der Waals surface area contributed by atoms with Crippen molar-refractivity contribution in [1.82, 2.24) is 4.98 Å². The van der Waals surface area contributed by atoms with E-state index in [1.807, 2.05) is 23.6 Å². The summed E-state index contributed by atoms with van der Waals surface area (Å²) in [4.78, 5) is 4.18. The van der Waals surface area contributed by atoms with E-state index in [9.17, 15) is 5.11 Å². The molecule has 4 heteroatoms. The predicted octanol–water partition coefficient (Wildman–Crippen LogP) is 3.41. The van der Waals surface area contributed by atoms with E-state index in [2.05, 4.69) is 17.2 Å². The third kappa shape index (κ3) is 2.33. The first kappa shape index (κ1) is 11.0. The molecule has 0 aliphatic carbocycles. The van der Waals surface area contributed by atoms with Gasteiger partial charge in [0.05, 0.1) is 6.04 Å². The highest BCUT2D eigenvalue weighted by molar-refractivity contribution is 7.13. The molecule has 1 unspecified atom stereocenters. The molecule has 2 N–H and O–H groups in total. The number of benzene rings is 1. The molecule has 1 aromatic carbocycles. The van der Waals surface area contributed by atoms with Crippen molar-refractivity contribution in [3.05, 3.63) is 41.4 Å². The predicted molar refractivity (Wildman–Crippen MR) is 66.9 cm³/mol. The van der Waals surface area contributed by atoms with Crippen LogP contribution in [0.2, 0.25) is 0 Å². The van der Waals surface area contributed by atoms with Crippen LogP contribution in [0.4, 0.5) is 5.13 Å². The summed E-state index contributed by atoms with van der Waals surface area (Å²) >= 11 is 1.56. The average molecular weight is 234 g/mol. The normalized spacial score (nSPS) is 12.3. The maximum Gasteiger partial charge on any atom is 0.183 e. The Bertz CT molecular complexity index is 442. The molecule has 0 bridgehead atoms. The van der Waals surface area contributed by atoms with Crippen LogP contribution in [0.3, 0.4) is 0 Å². The maximum atomic E-state index is 9.78. The molecule has 0 aliphatic heterocycles. The lowest BCUT2D eigenvalue weighted by atomic mass is 10.0. The first-order valence-corrected chi connectivity index (χ1v) is 6.13. The van der Waals surface area contributed by atoms with Crippen molar-refractivity contribution < 1.29 is 5.11 Å². The highest BCUT2D eigenvalue weighted by Gasteiger charge is 2.13. The third-order valence-electron chi connectivity index (χ3n) is 2.45. The zero-order valence-electron chi connectivity index (χ0n) is 9.05. The standard InChI is InChI=1S/C12H14N2OS/c1-2-10(14-12-13-7-8-16-12)9-5-3-4-6-11(9)15/h3-8,10,15H,2H2,1H3,(H,13,14). The summed E-state index contributed by atoms with van der Waals surface area (Å²) in [6.45, 7) is 2.08. The van der Waals surface area contributed by atoms with Gasteiger partial charge in [-0.3, -0.25) is 0 Å². The van der Waals surface area contributed by atoms with E-state index in [-0.39, 0.29) is 6.04 Å². The summed E-state index contributed by atoms with van der Waals surface area (Å²) in [5.41, 5.74) is 0.917. The fourth-order valence-electron chi connectivity index (χ4n) is 1.63. The van der Waals surface area contributed by atoms with Crippen LogP contribution >= 0.6 is 11.3 Å². The molecule has 0 radical (unpaired) electrons. The second-order valence-electron chi connectivity index (χ2n) is 3.50. The number of hydrogen-bond acceptors (Lipinski definition) is 4. The van der Waals surface area contributed by atoms with Gasteiger partial charge < -0.3 is 10.4 Å². The first-order valence-electron chi connectivity index (χ1n) is 5.25. The highest BCUT2D eigenvalue weighted by Crippen LogP contribution is 2.29. The minimum atomic E-state index is 0.104. The van der Waals surface area contributed by atoms with Gasteiger partial charge in [0.1, 0.15) is 5.75 Å². The van der Waals surface area contributed by atoms with Gasteiger partial charge in [-0.15, -0.1) is 11.3 Å². The molecule has 0 saturated heterocycles. The fraction of sp³-hybridized carbons (Fsp3) is 0.250. The molecule has 0 aliphatic rings. The van der Waals surface area contributed by atoms with Crippen LogP contribution in [-0.4, -0.2) is 10.1 Å². The van der Waals surface area contributed by atoms with E-state index in [1.165, 1.54) is 0 Å². The van der Waals surface area contributed by atoms with E-state index in [0.717, 1.165) is 17.1 Å². The van der Waals surface area contributed by atoms with Crippen LogP contribution in [0.15, 0.2) is 35.8 Å². The van der Waals surface area contributed by atoms with Gasteiger partial charge in [-0.05, 0) is 12.5 Å². The number of nitrogens with zero attached hydrogens (tertiary/aromatic N) is 1. The van der Waals surface area contributed by atoms with Crippen LogP contribution in [-0.2, 0) is 0 Å². The van der Waals surface area contributed by atoms with E-state index in [1.54, 1.807) is 23.6 Å². The Kier molecular flexibility index (Phi) is 3.41. The molecule has 0 fully saturated rings. The fourth-order valence-corrected chi connectivity index (χ4v) is 2.21. The lowest BCUT2D eigenvalue weighted by molar-refractivity contribution is 0.463. The lowest BCUT2D eigenvalue weighted by Crippen LogP contribution is -2.09. The van der Waals surface area contributed by atoms with Crippen molar-refractivity contribution >= 4 is 16.5 Å². The van der Waals surface area contributed by atoms with Gasteiger partial charge in [-0.25, -0.2) is 4.98 Å². The Labute approximate surface area is 98.8 Å². The van der Waals surface area contributed by atoms with Gasteiger partial charge >= 0.3 is 0 Å². The molecule has 1 atom stereocenters. The van der Waals surface area contributed by atoms with Crippen LogP contribution in [0, 0.1) is 0 Å². The zero-order chi connectivity index (χ0) is 11.4. The summed E-state index contributed by atoms with van der Waals surface area (Å²) in [6, 6.07) is 7.51. The third-order valence-corrected chi connectivity index (χ3v) is 3.15. The Balaban J connectivity index is 2.20. The number of phenolic OH excluding ortho intramolecular Hbond substituents is 1. The molecule has 1 heterocycles. The van der Waals surface area contributed by atoms with Gasteiger partial charge in [0, 0.05) is 17.1 Å². The lowest BCUT2D eigenvalue weighted by Gasteiger charge is -2.17. The molecule has 0 amide bonds. The van der Waals surface area contributed by atoms with Crippen molar-refractivity contribution in [2.75, 3.05) is 5.32 Å². The minimum absolute atomic E-state index is 0.104. The van der Waals surface area contributed by atoms with Crippen molar-refractivity contribution in [3.63, 3.8) is 0 Å². The monoisotopic (exact) mass is 234 g/mol. The molecule has 84 valence electrons. The molecular weight excluding hydrogens is 220 g/mol. The summed E-state index contributed by atoms with van der Waals surface area (Å²) < 4.78 is 0. The number of hydrogen-bond donors (Lipinski definition) is 2. The molecular formula is C12H14N2OS. The van der Waals surface area contributed by atoms with Gasteiger partial charge in [-0.2, -0.15) is 0 Å². The average Bonchev–Trinajstić information content (AvgIpc) is 2.80. The molecule has 16 heavy (non-hydrogen) atoms. The molecule has 2 aromatic rings. The highest BCUT2D eigenvalue weighted by atomic mass is 32.1. The van der Waals surface area contributed by atoms with E-state index in [0.29, 0.717) is 5.75 Å². The largest absolute Gasteiger partial charge is 0.508 e. The Hall–Kier alpha value is -1.55. The summed E-state index contributed by atoms with van der Waals surface area (Å²) in [6.07, 6.45) is 2.67.